The largest absolute Gasteiger partial charge is 0.340 e. The van der Waals surface area contributed by atoms with E-state index in [0.717, 1.165) is 17.1 Å². The molecule has 18 heavy (non-hydrogen) atoms. The molecular formula is C14H15ClN2O. The molecule has 1 aromatic carbocycles. The second kappa shape index (κ2) is 5.27. The Bertz CT molecular complexity index is 538. The van der Waals surface area contributed by atoms with Crippen molar-refractivity contribution >= 4 is 23.2 Å². The zero-order valence-electron chi connectivity index (χ0n) is 10.4. The van der Waals surface area contributed by atoms with Gasteiger partial charge in [-0.15, -0.1) is 0 Å². The molecule has 94 valence electrons. The number of aromatic nitrogens is 1. The smallest absolute Gasteiger partial charge is 0.244 e. The Kier molecular flexibility index (Phi) is 3.72. The molecule has 0 spiro atoms. The lowest BCUT2D eigenvalue weighted by molar-refractivity contribution is -0.116. The minimum absolute atomic E-state index is 0.0419. The summed E-state index contributed by atoms with van der Waals surface area (Å²) in [5.41, 5.74) is 2.92. The summed E-state index contributed by atoms with van der Waals surface area (Å²) >= 11 is 5.79. The number of carbonyl (C=O) groups is 1. The van der Waals surface area contributed by atoms with E-state index in [9.17, 15) is 4.79 Å². The van der Waals surface area contributed by atoms with Crippen molar-refractivity contribution in [1.82, 2.24) is 4.57 Å². The molecule has 1 heterocycles. The van der Waals surface area contributed by atoms with Crippen LogP contribution < -0.4 is 5.32 Å². The first-order valence-electron chi connectivity index (χ1n) is 5.74. The topological polar surface area (TPSA) is 34.0 Å². The maximum absolute atomic E-state index is 11.9. The van der Waals surface area contributed by atoms with Crippen molar-refractivity contribution in [2.45, 2.75) is 20.4 Å². The number of halogens is 1. The van der Waals surface area contributed by atoms with Gasteiger partial charge in [0.1, 0.15) is 6.54 Å². The number of nitrogens with one attached hydrogen (secondary N) is 1. The van der Waals surface area contributed by atoms with E-state index in [1.165, 1.54) is 0 Å². The van der Waals surface area contributed by atoms with Crippen LogP contribution in [0.15, 0.2) is 36.4 Å². The fourth-order valence-electron chi connectivity index (χ4n) is 1.83. The zero-order valence-corrected chi connectivity index (χ0v) is 11.2. The molecule has 0 radical (unpaired) electrons. The van der Waals surface area contributed by atoms with Crippen molar-refractivity contribution in [3.8, 4) is 0 Å². The second-order valence-corrected chi connectivity index (χ2v) is 4.69. The van der Waals surface area contributed by atoms with Crippen molar-refractivity contribution in [2.24, 2.45) is 0 Å². The number of hydrogen-bond acceptors (Lipinski definition) is 1. The first-order chi connectivity index (χ1) is 8.56. The van der Waals surface area contributed by atoms with Gasteiger partial charge in [0.2, 0.25) is 5.91 Å². The Morgan fingerprint density at radius 1 is 1.11 bits per heavy atom. The van der Waals surface area contributed by atoms with Gasteiger partial charge < -0.3 is 9.88 Å². The van der Waals surface area contributed by atoms with Crippen molar-refractivity contribution in [1.29, 1.82) is 0 Å². The molecule has 0 saturated heterocycles. The monoisotopic (exact) mass is 262 g/mol. The van der Waals surface area contributed by atoms with Gasteiger partial charge in [0, 0.05) is 22.1 Å². The first kappa shape index (κ1) is 12.7. The van der Waals surface area contributed by atoms with Crippen molar-refractivity contribution in [3.63, 3.8) is 0 Å². The highest BCUT2D eigenvalue weighted by Crippen LogP contribution is 2.14. The molecule has 1 N–H and O–H groups in total. The number of carbonyl (C=O) groups excluding carboxylic acids is 1. The molecule has 2 aromatic rings. The quantitative estimate of drug-likeness (QED) is 0.904. The standard InChI is InChI=1S/C14H15ClN2O/c1-10-3-4-11(2)17(10)9-14(18)16-13-7-5-12(15)6-8-13/h3-8H,9H2,1-2H3,(H,16,18). The third-order valence-corrected chi connectivity index (χ3v) is 3.10. The molecule has 0 aliphatic heterocycles. The summed E-state index contributed by atoms with van der Waals surface area (Å²) in [5.74, 6) is -0.0419. The maximum Gasteiger partial charge on any atom is 0.244 e. The lowest BCUT2D eigenvalue weighted by Crippen LogP contribution is -2.20. The van der Waals surface area contributed by atoms with E-state index in [4.69, 9.17) is 11.6 Å². The molecular weight excluding hydrogens is 248 g/mol. The molecule has 0 fully saturated rings. The Hall–Kier alpha value is -1.74. The number of hydrogen-bond donors (Lipinski definition) is 1. The second-order valence-electron chi connectivity index (χ2n) is 4.26. The molecule has 0 aliphatic rings. The van der Waals surface area contributed by atoms with Crippen LogP contribution in [0.5, 0.6) is 0 Å². The summed E-state index contributed by atoms with van der Waals surface area (Å²) in [6.45, 7) is 4.30. The van der Waals surface area contributed by atoms with Crippen LogP contribution in [0.1, 0.15) is 11.4 Å². The van der Waals surface area contributed by atoms with Gasteiger partial charge in [0.05, 0.1) is 0 Å². The lowest BCUT2D eigenvalue weighted by atomic mass is 10.3. The fraction of sp³-hybridized carbons (Fsp3) is 0.214. The van der Waals surface area contributed by atoms with Gasteiger partial charge in [0.15, 0.2) is 0 Å². The highest BCUT2D eigenvalue weighted by Gasteiger charge is 2.07. The minimum atomic E-state index is -0.0419. The Balaban J connectivity index is 2.03. The third kappa shape index (κ3) is 2.93. The fourth-order valence-corrected chi connectivity index (χ4v) is 1.95. The minimum Gasteiger partial charge on any atom is -0.340 e. The molecule has 1 amide bonds. The van der Waals surface area contributed by atoms with Crippen LogP contribution >= 0.6 is 11.6 Å². The summed E-state index contributed by atoms with van der Waals surface area (Å²) in [7, 11) is 0. The van der Waals surface area contributed by atoms with Gasteiger partial charge >= 0.3 is 0 Å². The van der Waals surface area contributed by atoms with Crippen molar-refractivity contribution in [3.05, 3.63) is 52.8 Å². The Morgan fingerprint density at radius 2 is 1.67 bits per heavy atom. The Labute approximate surface area is 111 Å². The molecule has 1 aromatic heterocycles. The summed E-state index contributed by atoms with van der Waals surface area (Å²) < 4.78 is 1.98. The summed E-state index contributed by atoms with van der Waals surface area (Å²) in [6.07, 6.45) is 0. The summed E-state index contributed by atoms with van der Waals surface area (Å²) in [6, 6.07) is 11.1. The Morgan fingerprint density at radius 3 is 2.22 bits per heavy atom. The predicted octanol–water partition coefficient (Wildman–Crippen LogP) is 3.40. The highest BCUT2D eigenvalue weighted by atomic mass is 35.5. The molecule has 3 nitrogen and oxygen atoms in total. The average Bonchev–Trinajstić information content (AvgIpc) is 2.64. The van der Waals surface area contributed by atoms with E-state index in [0.29, 0.717) is 11.6 Å². The third-order valence-electron chi connectivity index (χ3n) is 2.85. The van der Waals surface area contributed by atoms with Crippen LogP contribution in [0, 0.1) is 13.8 Å². The van der Waals surface area contributed by atoms with E-state index in [1.54, 1.807) is 24.3 Å². The number of nitrogens with zero attached hydrogens (tertiary/aromatic N) is 1. The van der Waals surface area contributed by atoms with Gasteiger partial charge in [0.25, 0.3) is 0 Å². The molecule has 0 aliphatic carbocycles. The molecule has 0 saturated carbocycles. The molecule has 2 rings (SSSR count). The van der Waals surface area contributed by atoms with E-state index >= 15 is 0 Å². The van der Waals surface area contributed by atoms with Crippen molar-refractivity contribution < 1.29 is 4.79 Å². The summed E-state index contributed by atoms with van der Waals surface area (Å²) in [5, 5.41) is 3.50. The number of amides is 1. The molecule has 0 atom stereocenters. The average molecular weight is 263 g/mol. The van der Waals surface area contributed by atoms with Crippen LogP contribution in [0.25, 0.3) is 0 Å². The van der Waals surface area contributed by atoms with Crippen LogP contribution in [-0.2, 0) is 11.3 Å². The van der Waals surface area contributed by atoms with Crippen LogP contribution in [0.2, 0.25) is 5.02 Å². The van der Waals surface area contributed by atoms with E-state index < -0.39 is 0 Å². The van der Waals surface area contributed by atoms with Crippen LogP contribution in [-0.4, -0.2) is 10.5 Å². The van der Waals surface area contributed by atoms with E-state index in [2.05, 4.69) is 5.32 Å². The normalized spacial score (nSPS) is 10.4. The SMILES string of the molecule is Cc1ccc(C)n1CC(=O)Nc1ccc(Cl)cc1. The molecule has 4 heteroatoms. The van der Waals surface area contributed by atoms with Gasteiger partial charge in [-0.3, -0.25) is 4.79 Å². The maximum atomic E-state index is 11.9. The van der Waals surface area contributed by atoms with Gasteiger partial charge in [-0.05, 0) is 50.2 Å². The summed E-state index contributed by atoms with van der Waals surface area (Å²) in [4.78, 5) is 11.9. The van der Waals surface area contributed by atoms with Crippen molar-refractivity contribution in [2.75, 3.05) is 5.32 Å². The predicted molar refractivity (Wildman–Crippen MR) is 74.0 cm³/mol. The van der Waals surface area contributed by atoms with Crippen LogP contribution in [0.4, 0.5) is 5.69 Å². The zero-order chi connectivity index (χ0) is 13.1. The van der Waals surface area contributed by atoms with Gasteiger partial charge in [-0.2, -0.15) is 0 Å². The molecule has 0 bridgehead atoms. The number of benzene rings is 1. The lowest BCUT2D eigenvalue weighted by Gasteiger charge is -2.10. The number of aryl methyl sites for hydroxylation is 2. The number of rotatable bonds is 3. The van der Waals surface area contributed by atoms with E-state index in [-0.39, 0.29) is 5.91 Å². The highest BCUT2D eigenvalue weighted by molar-refractivity contribution is 6.30. The van der Waals surface area contributed by atoms with Crippen LogP contribution in [0.3, 0.4) is 0 Å². The molecule has 0 unspecified atom stereocenters. The van der Waals surface area contributed by atoms with Gasteiger partial charge in [-0.25, -0.2) is 0 Å². The van der Waals surface area contributed by atoms with E-state index in [1.807, 2.05) is 30.5 Å². The first-order valence-corrected chi connectivity index (χ1v) is 6.12. The van der Waals surface area contributed by atoms with Gasteiger partial charge in [-0.1, -0.05) is 11.6 Å². The number of anilines is 1.